The van der Waals surface area contributed by atoms with Crippen molar-refractivity contribution in [3.63, 3.8) is 0 Å². The molecule has 2 aromatic carbocycles. The van der Waals surface area contributed by atoms with Crippen molar-refractivity contribution >= 4 is 33.7 Å². The Morgan fingerprint density at radius 2 is 1.44 bits per heavy atom. The molecule has 0 aliphatic heterocycles. The van der Waals surface area contributed by atoms with Crippen molar-refractivity contribution in [2.45, 2.75) is 0 Å². The van der Waals surface area contributed by atoms with E-state index in [9.17, 15) is 9.59 Å². The molecular weight excluding hydrogens is 271 g/mol. The van der Waals surface area contributed by atoms with Crippen LogP contribution in [0, 0.1) is 0 Å². The average Bonchev–Trinajstić information content (AvgIpc) is 2.33. The van der Waals surface area contributed by atoms with E-state index < -0.39 is 10.5 Å². The van der Waals surface area contributed by atoms with Gasteiger partial charge in [0.05, 0.1) is 5.56 Å². The van der Waals surface area contributed by atoms with Crippen molar-refractivity contribution in [3.05, 3.63) is 47.5 Å². The third-order valence-corrected chi connectivity index (χ3v) is 3.49. The summed E-state index contributed by atoms with van der Waals surface area (Å²) in [6.45, 7) is 0. The lowest BCUT2D eigenvalue weighted by Crippen LogP contribution is -2.10. The minimum Gasteiger partial charge on any atom is -0.276 e. The highest BCUT2D eigenvalue weighted by Crippen LogP contribution is 2.49. The van der Waals surface area contributed by atoms with Gasteiger partial charge in [-0.05, 0) is 46.0 Å². The molecule has 0 atom stereocenters. The number of carbonyl (C=O) groups is 2. The van der Waals surface area contributed by atoms with Crippen LogP contribution in [0.15, 0.2) is 36.4 Å². The van der Waals surface area contributed by atoms with Crippen molar-refractivity contribution < 1.29 is 9.59 Å². The van der Waals surface area contributed by atoms with E-state index in [1.165, 1.54) is 0 Å². The van der Waals surface area contributed by atoms with Gasteiger partial charge in [0.25, 0.3) is 10.5 Å². The lowest BCUT2D eigenvalue weighted by atomic mass is 9.77. The molecular formula is C14H6Cl2O2. The maximum Gasteiger partial charge on any atom is 0.253 e. The van der Waals surface area contributed by atoms with Gasteiger partial charge in [-0.25, -0.2) is 0 Å². The molecule has 0 unspecified atom stereocenters. The fraction of sp³-hybridized carbons (Fsp3) is 0. The molecule has 1 aliphatic rings. The van der Waals surface area contributed by atoms with Gasteiger partial charge in [0, 0.05) is 11.1 Å². The third-order valence-electron chi connectivity index (χ3n) is 3.10. The van der Waals surface area contributed by atoms with Crippen LogP contribution >= 0.6 is 23.2 Å². The first-order valence-electron chi connectivity index (χ1n) is 5.27. The van der Waals surface area contributed by atoms with Gasteiger partial charge in [-0.3, -0.25) is 9.59 Å². The first-order chi connectivity index (χ1) is 8.61. The SMILES string of the molecule is O=C(Cl)c1ccc2c(c1C(=O)Cl)-c1ccccc1-2. The van der Waals surface area contributed by atoms with Crippen molar-refractivity contribution in [2.24, 2.45) is 0 Å². The number of benzene rings is 2. The maximum absolute atomic E-state index is 11.5. The van der Waals surface area contributed by atoms with E-state index in [4.69, 9.17) is 23.2 Å². The van der Waals surface area contributed by atoms with Gasteiger partial charge >= 0.3 is 0 Å². The van der Waals surface area contributed by atoms with Crippen molar-refractivity contribution in [3.8, 4) is 22.3 Å². The zero-order valence-electron chi connectivity index (χ0n) is 9.04. The van der Waals surface area contributed by atoms with E-state index in [1.807, 2.05) is 24.3 Å². The van der Waals surface area contributed by atoms with E-state index in [0.29, 0.717) is 0 Å². The van der Waals surface area contributed by atoms with Crippen LogP contribution in [-0.2, 0) is 0 Å². The molecule has 0 saturated carbocycles. The van der Waals surface area contributed by atoms with Crippen LogP contribution in [0.5, 0.6) is 0 Å². The zero-order valence-corrected chi connectivity index (χ0v) is 10.5. The number of hydrogen-bond acceptors (Lipinski definition) is 2. The molecule has 0 aromatic heterocycles. The summed E-state index contributed by atoms with van der Waals surface area (Å²) < 4.78 is 0. The molecule has 0 radical (unpaired) electrons. The molecule has 0 bridgehead atoms. The standard InChI is InChI=1S/C14H6Cl2O2/c15-13(17)10-6-5-9-7-3-1-2-4-8(7)11(9)12(10)14(16)18/h1-6H. The van der Waals surface area contributed by atoms with E-state index in [2.05, 4.69) is 0 Å². The van der Waals surface area contributed by atoms with E-state index in [1.54, 1.807) is 12.1 Å². The zero-order chi connectivity index (χ0) is 12.9. The number of halogens is 2. The summed E-state index contributed by atoms with van der Waals surface area (Å²) in [5.74, 6) is 0. The van der Waals surface area contributed by atoms with E-state index >= 15 is 0 Å². The first-order valence-corrected chi connectivity index (χ1v) is 6.03. The second-order valence-electron chi connectivity index (χ2n) is 4.00. The highest BCUT2D eigenvalue weighted by molar-refractivity contribution is 6.72. The Balaban J connectivity index is 2.33. The van der Waals surface area contributed by atoms with Crippen LogP contribution in [0.2, 0.25) is 0 Å². The Kier molecular flexibility index (Phi) is 2.51. The molecule has 1 aliphatic carbocycles. The summed E-state index contributed by atoms with van der Waals surface area (Å²) in [4.78, 5) is 22.9. The Bertz CT molecular complexity index is 705. The molecule has 0 N–H and O–H groups in total. The normalized spacial score (nSPS) is 11.2. The average molecular weight is 277 g/mol. The number of rotatable bonds is 2. The van der Waals surface area contributed by atoms with Crippen LogP contribution in [0.4, 0.5) is 0 Å². The van der Waals surface area contributed by atoms with Gasteiger partial charge in [-0.1, -0.05) is 30.3 Å². The Morgan fingerprint density at radius 1 is 0.778 bits per heavy atom. The summed E-state index contributed by atoms with van der Waals surface area (Å²) >= 11 is 11.1. The van der Waals surface area contributed by atoms with Gasteiger partial charge in [-0.15, -0.1) is 0 Å². The Hall–Kier alpha value is -1.64. The summed E-state index contributed by atoms with van der Waals surface area (Å²) in [5.41, 5.74) is 3.99. The minimum atomic E-state index is -0.675. The molecule has 4 heteroatoms. The summed E-state index contributed by atoms with van der Waals surface area (Å²) in [6.07, 6.45) is 0. The monoisotopic (exact) mass is 276 g/mol. The molecule has 2 aromatic rings. The predicted molar refractivity (Wildman–Crippen MR) is 71.2 cm³/mol. The molecule has 0 amide bonds. The molecule has 0 heterocycles. The fourth-order valence-electron chi connectivity index (χ4n) is 2.35. The van der Waals surface area contributed by atoms with Crippen LogP contribution in [0.1, 0.15) is 20.7 Å². The highest BCUT2D eigenvalue weighted by Gasteiger charge is 2.30. The van der Waals surface area contributed by atoms with Crippen LogP contribution < -0.4 is 0 Å². The lowest BCUT2D eigenvalue weighted by Gasteiger charge is -2.26. The topological polar surface area (TPSA) is 34.1 Å². The third kappa shape index (κ3) is 1.43. The van der Waals surface area contributed by atoms with E-state index in [-0.39, 0.29) is 11.1 Å². The van der Waals surface area contributed by atoms with Crippen LogP contribution in [0.3, 0.4) is 0 Å². The number of fused-ring (bicyclic) bond motifs is 4. The van der Waals surface area contributed by atoms with Crippen molar-refractivity contribution in [2.75, 3.05) is 0 Å². The summed E-state index contributed by atoms with van der Waals surface area (Å²) in [7, 11) is 0. The summed E-state index contributed by atoms with van der Waals surface area (Å²) in [5, 5.41) is -1.34. The predicted octanol–water partition coefficient (Wildman–Crippen LogP) is 4.09. The largest absolute Gasteiger partial charge is 0.276 e. The number of hydrogen-bond donors (Lipinski definition) is 0. The molecule has 0 fully saturated rings. The van der Waals surface area contributed by atoms with Crippen molar-refractivity contribution in [1.82, 2.24) is 0 Å². The molecule has 18 heavy (non-hydrogen) atoms. The lowest BCUT2D eigenvalue weighted by molar-refractivity contribution is 0.105. The van der Waals surface area contributed by atoms with Crippen LogP contribution in [0.25, 0.3) is 22.3 Å². The second-order valence-corrected chi connectivity index (χ2v) is 4.69. The maximum atomic E-state index is 11.5. The fourth-order valence-corrected chi connectivity index (χ4v) is 2.70. The van der Waals surface area contributed by atoms with Gasteiger partial charge in [-0.2, -0.15) is 0 Å². The molecule has 0 spiro atoms. The van der Waals surface area contributed by atoms with Gasteiger partial charge in [0.2, 0.25) is 0 Å². The molecule has 3 rings (SSSR count). The van der Waals surface area contributed by atoms with Crippen molar-refractivity contribution in [1.29, 1.82) is 0 Å². The molecule has 2 nitrogen and oxygen atoms in total. The van der Waals surface area contributed by atoms with Gasteiger partial charge < -0.3 is 0 Å². The first kappa shape index (κ1) is 11.5. The summed E-state index contributed by atoms with van der Waals surface area (Å²) in [6, 6.07) is 11.0. The number of carbonyl (C=O) groups excluding carboxylic acids is 2. The highest BCUT2D eigenvalue weighted by atomic mass is 35.5. The smallest absolute Gasteiger partial charge is 0.253 e. The van der Waals surface area contributed by atoms with E-state index in [0.717, 1.165) is 22.3 Å². The minimum absolute atomic E-state index is 0.157. The van der Waals surface area contributed by atoms with Gasteiger partial charge in [0.15, 0.2) is 0 Å². The second kappa shape index (κ2) is 3.94. The van der Waals surface area contributed by atoms with Crippen LogP contribution in [-0.4, -0.2) is 10.5 Å². The molecule has 0 saturated heterocycles. The Labute approximate surface area is 113 Å². The quantitative estimate of drug-likeness (QED) is 0.661. The van der Waals surface area contributed by atoms with Gasteiger partial charge in [0.1, 0.15) is 0 Å². The molecule has 88 valence electrons. The Morgan fingerprint density at radius 3 is 2.06 bits per heavy atom.